The normalized spacial score (nSPS) is 15.0. The van der Waals surface area contributed by atoms with Gasteiger partial charge < -0.3 is 14.5 Å². The lowest BCUT2D eigenvalue weighted by atomic mass is 10.0. The number of amides is 1. The van der Waals surface area contributed by atoms with Gasteiger partial charge in [0.25, 0.3) is 0 Å². The molecule has 0 saturated carbocycles. The molecule has 5 nitrogen and oxygen atoms in total. The lowest BCUT2D eigenvalue weighted by Gasteiger charge is -2.25. The van der Waals surface area contributed by atoms with Crippen LogP contribution < -0.4 is 0 Å². The Balaban J connectivity index is 1.42. The van der Waals surface area contributed by atoms with Gasteiger partial charge in [0.2, 0.25) is 5.91 Å². The van der Waals surface area contributed by atoms with Crippen molar-refractivity contribution in [1.82, 2.24) is 4.90 Å². The van der Waals surface area contributed by atoms with Crippen LogP contribution in [0.1, 0.15) is 23.1 Å². The van der Waals surface area contributed by atoms with E-state index in [1.54, 1.807) is 18.2 Å². The molecule has 0 spiro atoms. The molecule has 176 valence electrons. The fourth-order valence-electron chi connectivity index (χ4n) is 3.66. The van der Waals surface area contributed by atoms with Crippen LogP contribution in [0.2, 0.25) is 0 Å². The predicted molar refractivity (Wildman–Crippen MR) is 120 cm³/mol. The number of carbonyl (C=O) groups is 1. The van der Waals surface area contributed by atoms with Crippen molar-refractivity contribution in [3.05, 3.63) is 107 Å². The molecule has 0 radical (unpaired) electrons. The number of nitrogens with zero attached hydrogens (tertiary/aromatic N) is 2. The van der Waals surface area contributed by atoms with Crippen LogP contribution in [-0.4, -0.2) is 35.8 Å². The van der Waals surface area contributed by atoms with Crippen LogP contribution in [0, 0.1) is 17.5 Å². The summed E-state index contributed by atoms with van der Waals surface area (Å²) in [5.41, 5.74) is 1.84. The highest BCUT2D eigenvalue weighted by Crippen LogP contribution is 2.21. The average Bonchev–Trinajstić information content (AvgIpc) is 3.29. The van der Waals surface area contributed by atoms with Crippen LogP contribution in [0.15, 0.2) is 78.0 Å². The standard InChI is InChI=1S/C26H23F3N2O3/c27-20-11-10-19(24(29)12-20)14-31(26(32)17-33-16-18-6-2-1-3-7-18)15-21-13-25(30-34-21)22-8-4-5-9-23(22)28/h1-12,21H,13-17H2. The minimum absolute atomic E-state index is 0.0752. The van der Waals surface area contributed by atoms with Gasteiger partial charge in [-0.3, -0.25) is 4.79 Å². The summed E-state index contributed by atoms with van der Waals surface area (Å²) in [5.74, 6) is -2.25. The summed E-state index contributed by atoms with van der Waals surface area (Å²) < 4.78 is 47.3. The van der Waals surface area contributed by atoms with E-state index in [1.165, 1.54) is 17.0 Å². The average molecular weight is 468 g/mol. The summed E-state index contributed by atoms with van der Waals surface area (Å²) in [7, 11) is 0. The van der Waals surface area contributed by atoms with E-state index in [0.717, 1.165) is 17.7 Å². The van der Waals surface area contributed by atoms with Crippen molar-refractivity contribution in [2.75, 3.05) is 13.2 Å². The molecule has 4 rings (SSSR count). The Morgan fingerprint density at radius 3 is 2.53 bits per heavy atom. The quantitative estimate of drug-likeness (QED) is 0.452. The van der Waals surface area contributed by atoms with Crippen LogP contribution >= 0.6 is 0 Å². The number of oxime groups is 1. The third kappa shape index (κ3) is 6.02. The smallest absolute Gasteiger partial charge is 0.249 e. The number of hydrogen-bond acceptors (Lipinski definition) is 4. The highest BCUT2D eigenvalue weighted by Gasteiger charge is 2.28. The molecular formula is C26H23F3N2O3. The minimum Gasteiger partial charge on any atom is -0.390 e. The van der Waals surface area contributed by atoms with Crippen molar-refractivity contribution in [2.24, 2.45) is 5.16 Å². The van der Waals surface area contributed by atoms with Crippen molar-refractivity contribution in [3.8, 4) is 0 Å². The first-order valence-electron chi connectivity index (χ1n) is 10.8. The third-order valence-electron chi connectivity index (χ3n) is 5.41. The van der Waals surface area contributed by atoms with E-state index in [2.05, 4.69) is 5.16 Å². The van der Waals surface area contributed by atoms with E-state index in [-0.39, 0.29) is 44.2 Å². The van der Waals surface area contributed by atoms with E-state index >= 15 is 0 Å². The van der Waals surface area contributed by atoms with Crippen LogP contribution in [0.5, 0.6) is 0 Å². The molecule has 3 aromatic rings. The summed E-state index contributed by atoms with van der Waals surface area (Å²) in [4.78, 5) is 19.8. The predicted octanol–water partition coefficient (Wildman–Crippen LogP) is 4.84. The van der Waals surface area contributed by atoms with Crippen molar-refractivity contribution in [1.29, 1.82) is 0 Å². The number of hydrogen-bond donors (Lipinski definition) is 0. The molecule has 3 aromatic carbocycles. The molecule has 0 aromatic heterocycles. The van der Waals surface area contributed by atoms with E-state index in [0.29, 0.717) is 11.3 Å². The Hall–Kier alpha value is -3.65. The van der Waals surface area contributed by atoms with Gasteiger partial charge in [0, 0.05) is 30.2 Å². The number of ether oxygens (including phenoxy) is 1. The zero-order valence-corrected chi connectivity index (χ0v) is 18.3. The fourth-order valence-corrected chi connectivity index (χ4v) is 3.66. The molecule has 1 aliphatic heterocycles. The molecule has 8 heteroatoms. The van der Waals surface area contributed by atoms with Crippen molar-refractivity contribution < 1.29 is 27.5 Å². The number of rotatable bonds is 9. The molecular weight excluding hydrogens is 445 g/mol. The first-order chi connectivity index (χ1) is 16.5. The van der Waals surface area contributed by atoms with Crippen molar-refractivity contribution in [3.63, 3.8) is 0 Å². The maximum Gasteiger partial charge on any atom is 0.249 e. The van der Waals surface area contributed by atoms with Gasteiger partial charge in [-0.25, -0.2) is 13.2 Å². The topological polar surface area (TPSA) is 51.1 Å². The largest absolute Gasteiger partial charge is 0.390 e. The Morgan fingerprint density at radius 2 is 1.76 bits per heavy atom. The van der Waals surface area contributed by atoms with Gasteiger partial charge in [0.1, 0.15) is 24.1 Å². The first kappa shape index (κ1) is 23.5. The molecule has 1 unspecified atom stereocenters. The highest BCUT2D eigenvalue weighted by atomic mass is 19.1. The Kier molecular flexibility index (Phi) is 7.59. The van der Waals surface area contributed by atoms with E-state index in [4.69, 9.17) is 9.57 Å². The second-order valence-electron chi connectivity index (χ2n) is 7.94. The van der Waals surface area contributed by atoms with E-state index in [1.807, 2.05) is 30.3 Å². The van der Waals surface area contributed by atoms with E-state index < -0.39 is 23.6 Å². The lowest BCUT2D eigenvalue weighted by Crippen LogP contribution is -2.39. The van der Waals surface area contributed by atoms with Gasteiger partial charge >= 0.3 is 0 Å². The maximum atomic E-state index is 14.3. The monoisotopic (exact) mass is 468 g/mol. The first-order valence-corrected chi connectivity index (χ1v) is 10.8. The van der Waals surface area contributed by atoms with Gasteiger partial charge in [-0.2, -0.15) is 0 Å². The number of halogens is 3. The van der Waals surface area contributed by atoms with E-state index in [9.17, 15) is 18.0 Å². The van der Waals surface area contributed by atoms with Gasteiger partial charge in [0.05, 0.1) is 18.9 Å². The zero-order valence-electron chi connectivity index (χ0n) is 18.3. The summed E-state index contributed by atoms with van der Waals surface area (Å²) >= 11 is 0. The minimum atomic E-state index is -0.751. The van der Waals surface area contributed by atoms with Gasteiger partial charge in [-0.15, -0.1) is 0 Å². The second-order valence-corrected chi connectivity index (χ2v) is 7.94. The molecule has 0 bridgehead atoms. The lowest BCUT2D eigenvalue weighted by molar-refractivity contribution is -0.139. The molecule has 34 heavy (non-hydrogen) atoms. The van der Waals surface area contributed by atoms with Gasteiger partial charge in [-0.1, -0.05) is 59.8 Å². The zero-order chi connectivity index (χ0) is 23.9. The number of carbonyl (C=O) groups excluding carboxylic acids is 1. The number of benzene rings is 3. The second kappa shape index (κ2) is 11.0. The van der Waals surface area contributed by atoms with Crippen molar-refractivity contribution in [2.45, 2.75) is 25.7 Å². The summed E-state index contributed by atoms with van der Waals surface area (Å²) in [6, 6.07) is 18.8. The summed E-state index contributed by atoms with van der Waals surface area (Å²) in [6.07, 6.45) is -0.266. The Bertz CT molecular complexity index is 1170. The third-order valence-corrected chi connectivity index (χ3v) is 5.41. The molecule has 0 aliphatic carbocycles. The fraction of sp³-hybridized carbons (Fsp3) is 0.231. The molecule has 1 atom stereocenters. The van der Waals surface area contributed by atoms with Gasteiger partial charge in [0.15, 0.2) is 6.10 Å². The Labute approximate surface area is 195 Å². The Morgan fingerprint density at radius 1 is 1.00 bits per heavy atom. The molecule has 1 amide bonds. The van der Waals surface area contributed by atoms with Crippen molar-refractivity contribution >= 4 is 11.6 Å². The van der Waals surface area contributed by atoms with Crippen LogP contribution in [0.25, 0.3) is 0 Å². The molecule has 1 heterocycles. The van der Waals surface area contributed by atoms with Crippen LogP contribution in [0.4, 0.5) is 13.2 Å². The molecule has 0 fully saturated rings. The summed E-state index contributed by atoms with van der Waals surface area (Å²) in [5, 5.41) is 3.98. The molecule has 0 N–H and O–H groups in total. The highest BCUT2D eigenvalue weighted by molar-refractivity contribution is 6.01. The summed E-state index contributed by atoms with van der Waals surface area (Å²) in [6.45, 7) is -0.0163. The van der Waals surface area contributed by atoms with Crippen LogP contribution in [0.3, 0.4) is 0 Å². The SMILES string of the molecule is O=C(COCc1ccccc1)N(Cc1ccc(F)cc1F)CC1CC(c2ccccc2F)=NO1. The van der Waals surface area contributed by atoms with Gasteiger partial charge in [-0.05, 0) is 17.7 Å². The molecule has 0 saturated heterocycles. The van der Waals surface area contributed by atoms with Crippen LogP contribution in [-0.2, 0) is 27.5 Å². The maximum absolute atomic E-state index is 14.3. The molecule has 1 aliphatic rings.